The minimum Gasteiger partial charge on any atom is -0.324 e. The molecular weight excluding hydrogens is 292 g/mol. The second kappa shape index (κ2) is 5.18. The highest BCUT2D eigenvalue weighted by Crippen LogP contribution is 2.56. The fourth-order valence-electron chi connectivity index (χ4n) is 4.67. The van der Waals surface area contributed by atoms with Crippen molar-refractivity contribution >= 4 is 23.4 Å². The second-order valence-corrected chi connectivity index (χ2v) is 7.01. The number of nitrogens with zero attached hydrogens (tertiary/aromatic N) is 1. The van der Waals surface area contributed by atoms with Crippen LogP contribution in [0.3, 0.4) is 0 Å². The van der Waals surface area contributed by atoms with Crippen LogP contribution in [0.4, 0.5) is 5.69 Å². The van der Waals surface area contributed by atoms with E-state index in [0.717, 1.165) is 30.5 Å². The summed E-state index contributed by atoms with van der Waals surface area (Å²) in [5.41, 5.74) is 1.67. The lowest BCUT2D eigenvalue weighted by atomic mass is 9.81. The third-order valence-corrected chi connectivity index (χ3v) is 5.74. The van der Waals surface area contributed by atoms with Gasteiger partial charge in [0.25, 0.3) is 0 Å². The van der Waals surface area contributed by atoms with Gasteiger partial charge in [-0.25, -0.2) is 0 Å². The first kappa shape index (κ1) is 14.4. The van der Waals surface area contributed by atoms with E-state index in [1.54, 1.807) is 0 Å². The molecular formula is C18H20N2O3. The molecule has 1 aliphatic heterocycles. The maximum absolute atomic E-state index is 12.6. The molecule has 3 fully saturated rings. The van der Waals surface area contributed by atoms with E-state index in [4.69, 9.17) is 0 Å². The van der Waals surface area contributed by atoms with Crippen molar-refractivity contribution in [2.24, 2.45) is 23.7 Å². The summed E-state index contributed by atoms with van der Waals surface area (Å²) >= 11 is 0. The molecule has 1 saturated heterocycles. The van der Waals surface area contributed by atoms with Crippen LogP contribution in [-0.2, 0) is 14.4 Å². The van der Waals surface area contributed by atoms with Crippen LogP contribution in [0.25, 0.3) is 0 Å². The van der Waals surface area contributed by atoms with Gasteiger partial charge in [0.1, 0.15) is 6.54 Å². The molecule has 4 rings (SSSR count). The number of rotatable bonds is 3. The molecule has 0 aromatic heterocycles. The van der Waals surface area contributed by atoms with E-state index in [0.29, 0.717) is 11.8 Å². The Morgan fingerprint density at radius 1 is 1.13 bits per heavy atom. The van der Waals surface area contributed by atoms with Gasteiger partial charge < -0.3 is 5.32 Å². The number of carbonyl (C=O) groups excluding carboxylic acids is 3. The molecule has 3 amide bonds. The van der Waals surface area contributed by atoms with Gasteiger partial charge in [0.2, 0.25) is 17.7 Å². The normalized spacial score (nSPS) is 31.6. The maximum Gasteiger partial charge on any atom is 0.244 e. The first-order valence-corrected chi connectivity index (χ1v) is 8.27. The molecule has 1 N–H and O–H groups in total. The number of likely N-dealkylation sites (tertiary alicyclic amines) is 1. The number of hydrogen-bond donors (Lipinski definition) is 1. The molecule has 0 spiro atoms. The van der Waals surface area contributed by atoms with Crippen molar-refractivity contribution in [3.05, 3.63) is 29.8 Å². The summed E-state index contributed by atoms with van der Waals surface area (Å²) in [4.78, 5) is 38.6. The zero-order chi connectivity index (χ0) is 16.1. The lowest BCUT2D eigenvalue weighted by Gasteiger charge is -2.19. The topological polar surface area (TPSA) is 66.5 Å². The summed E-state index contributed by atoms with van der Waals surface area (Å²) in [7, 11) is 0. The van der Waals surface area contributed by atoms with Gasteiger partial charge in [0.05, 0.1) is 11.8 Å². The Labute approximate surface area is 135 Å². The molecule has 2 bridgehead atoms. The van der Waals surface area contributed by atoms with Gasteiger partial charge in [0, 0.05) is 5.69 Å². The van der Waals surface area contributed by atoms with Crippen LogP contribution in [0.1, 0.15) is 24.8 Å². The van der Waals surface area contributed by atoms with Gasteiger partial charge in [-0.1, -0.05) is 18.2 Å². The standard InChI is InChI=1S/C18H20N2O3/c1-10-4-2-3-5-13(10)19-14(21)9-20-17(22)15-11-6-7-12(8-11)16(15)18(20)23/h2-5,11-12,15-16H,6-9H2,1H3,(H,19,21). The van der Waals surface area contributed by atoms with Gasteiger partial charge in [-0.05, 0) is 49.7 Å². The van der Waals surface area contributed by atoms with E-state index in [2.05, 4.69) is 5.32 Å². The highest BCUT2D eigenvalue weighted by molar-refractivity contribution is 6.09. The molecule has 2 aliphatic carbocycles. The van der Waals surface area contributed by atoms with Crippen molar-refractivity contribution in [3.8, 4) is 0 Å². The number of para-hydroxylation sites is 1. The van der Waals surface area contributed by atoms with Gasteiger partial charge in [-0.2, -0.15) is 0 Å². The molecule has 5 nitrogen and oxygen atoms in total. The third-order valence-electron chi connectivity index (χ3n) is 5.74. The van der Waals surface area contributed by atoms with E-state index < -0.39 is 0 Å². The van der Waals surface area contributed by atoms with Crippen molar-refractivity contribution in [2.75, 3.05) is 11.9 Å². The van der Waals surface area contributed by atoms with Crippen molar-refractivity contribution in [2.45, 2.75) is 26.2 Å². The molecule has 4 atom stereocenters. The van der Waals surface area contributed by atoms with E-state index >= 15 is 0 Å². The Morgan fingerprint density at radius 3 is 2.35 bits per heavy atom. The van der Waals surface area contributed by atoms with Crippen LogP contribution in [0, 0.1) is 30.6 Å². The monoisotopic (exact) mass is 312 g/mol. The predicted molar refractivity (Wildman–Crippen MR) is 84.3 cm³/mol. The third kappa shape index (κ3) is 2.18. The molecule has 1 aromatic rings. The van der Waals surface area contributed by atoms with Gasteiger partial charge in [-0.15, -0.1) is 0 Å². The number of benzene rings is 1. The fraction of sp³-hybridized carbons (Fsp3) is 0.500. The Hall–Kier alpha value is -2.17. The minimum absolute atomic E-state index is 0.132. The van der Waals surface area contributed by atoms with Crippen molar-refractivity contribution in [1.82, 2.24) is 4.90 Å². The summed E-state index contributed by atoms with van der Waals surface area (Å²) in [5.74, 6) is -0.190. The molecule has 2 saturated carbocycles. The molecule has 120 valence electrons. The van der Waals surface area contributed by atoms with E-state index in [9.17, 15) is 14.4 Å². The van der Waals surface area contributed by atoms with Crippen LogP contribution in [0.15, 0.2) is 24.3 Å². The van der Waals surface area contributed by atoms with Crippen molar-refractivity contribution < 1.29 is 14.4 Å². The number of nitrogens with one attached hydrogen (secondary N) is 1. The predicted octanol–water partition coefficient (Wildman–Crippen LogP) is 1.96. The largest absolute Gasteiger partial charge is 0.324 e. The lowest BCUT2D eigenvalue weighted by Crippen LogP contribution is -2.39. The van der Waals surface area contributed by atoms with Crippen LogP contribution >= 0.6 is 0 Å². The SMILES string of the molecule is Cc1ccccc1NC(=O)CN1C(=O)C2C3CCC(C3)C2C1=O. The lowest BCUT2D eigenvalue weighted by molar-refractivity contribution is -0.143. The Balaban J connectivity index is 1.47. The molecule has 1 aromatic carbocycles. The minimum atomic E-state index is -0.312. The van der Waals surface area contributed by atoms with Crippen LogP contribution in [0.5, 0.6) is 0 Å². The van der Waals surface area contributed by atoms with Crippen LogP contribution < -0.4 is 5.32 Å². The number of amides is 3. The van der Waals surface area contributed by atoms with Gasteiger partial charge in [0.15, 0.2) is 0 Å². The number of anilines is 1. The van der Waals surface area contributed by atoms with Gasteiger partial charge >= 0.3 is 0 Å². The van der Waals surface area contributed by atoms with E-state index in [1.807, 2.05) is 31.2 Å². The van der Waals surface area contributed by atoms with E-state index in [1.165, 1.54) is 4.90 Å². The van der Waals surface area contributed by atoms with Crippen LogP contribution in [0.2, 0.25) is 0 Å². The molecule has 3 aliphatic rings. The first-order chi connectivity index (χ1) is 11.1. The first-order valence-electron chi connectivity index (χ1n) is 8.27. The molecule has 5 heteroatoms. The zero-order valence-corrected chi connectivity index (χ0v) is 13.1. The zero-order valence-electron chi connectivity index (χ0n) is 13.1. The summed E-state index contributed by atoms with van der Waals surface area (Å²) in [6.07, 6.45) is 3.11. The van der Waals surface area contributed by atoms with Gasteiger partial charge in [-0.3, -0.25) is 19.3 Å². The van der Waals surface area contributed by atoms with Crippen molar-refractivity contribution in [1.29, 1.82) is 0 Å². The molecule has 4 unspecified atom stereocenters. The molecule has 0 radical (unpaired) electrons. The summed E-state index contributed by atoms with van der Waals surface area (Å²) in [5, 5.41) is 2.80. The average molecular weight is 312 g/mol. The fourth-order valence-corrected chi connectivity index (χ4v) is 4.67. The summed E-state index contributed by atoms with van der Waals surface area (Å²) < 4.78 is 0. The number of aryl methyl sites for hydroxylation is 1. The Morgan fingerprint density at radius 2 is 1.74 bits per heavy atom. The smallest absolute Gasteiger partial charge is 0.244 e. The number of fused-ring (bicyclic) bond motifs is 5. The number of imide groups is 1. The Kier molecular flexibility index (Phi) is 3.25. The summed E-state index contributed by atoms with van der Waals surface area (Å²) in [6.45, 7) is 1.74. The molecule has 23 heavy (non-hydrogen) atoms. The number of hydrogen-bond acceptors (Lipinski definition) is 3. The number of carbonyl (C=O) groups is 3. The molecule has 1 heterocycles. The van der Waals surface area contributed by atoms with Crippen LogP contribution in [-0.4, -0.2) is 29.2 Å². The average Bonchev–Trinajstić information content (AvgIpc) is 3.19. The summed E-state index contributed by atoms with van der Waals surface area (Å²) in [6, 6.07) is 7.46. The second-order valence-electron chi connectivity index (χ2n) is 7.01. The van der Waals surface area contributed by atoms with Crippen molar-refractivity contribution in [3.63, 3.8) is 0 Å². The Bertz CT molecular complexity index is 671. The highest BCUT2D eigenvalue weighted by atomic mass is 16.2. The quantitative estimate of drug-likeness (QED) is 0.868. The maximum atomic E-state index is 12.6. The van der Waals surface area contributed by atoms with E-state index in [-0.39, 0.29) is 36.1 Å². The highest BCUT2D eigenvalue weighted by Gasteiger charge is 2.60.